The minimum absolute atomic E-state index is 0.184. The highest BCUT2D eigenvalue weighted by Gasteiger charge is 2.21. The molecule has 0 radical (unpaired) electrons. The first-order chi connectivity index (χ1) is 13.9. The Balaban J connectivity index is 1.66. The molecule has 0 aliphatic carbocycles. The standard InChI is InChI=1S/C19H15N5O5/c1-12-11-13(7-8-16(12)29-19-20-9-4-10-21-19)22-18(26)23-17(25)14-5-2-3-6-15(14)24(27)28/h2-11H,1H3,(H2,22,23,25,26). The van der Waals surface area contributed by atoms with Crippen molar-refractivity contribution < 1.29 is 19.2 Å². The summed E-state index contributed by atoms with van der Waals surface area (Å²) in [7, 11) is 0. The highest BCUT2D eigenvalue weighted by atomic mass is 16.6. The zero-order valence-corrected chi connectivity index (χ0v) is 15.2. The summed E-state index contributed by atoms with van der Waals surface area (Å²) >= 11 is 0. The molecule has 2 N–H and O–H groups in total. The lowest BCUT2D eigenvalue weighted by Gasteiger charge is -2.10. The van der Waals surface area contributed by atoms with E-state index in [1.165, 1.54) is 24.3 Å². The average Bonchev–Trinajstić information content (AvgIpc) is 2.70. The maximum atomic E-state index is 12.2. The molecule has 3 rings (SSSR count). The van der Waals surface area contributed by atoms with Crippen LogP contribution in [0.2, 0.25) is 0 Å². The lowest BCUT2D eigenvalue weighted by molar-refractivity contribution is -0.385. The summed E-state index contributed by atoms with van der Waals surface area (Å²) in [6.45, 7) is 1.76. The number of aryl methyl sites for hydroxylation is 1. The Morgan fingerprint density at radius 3 is 2.48 bits per heavy atom. The van der Waals surface area contributed by atoms with E-state index in [4.69, 9.17) is 4.74 Å². The molecule has 1 aromatic heterocycles. The second kappa shape index (κ2) is 8.57. The molecular weight excluding hydrogens is 378 g/mol. The average molecular weight is 393 g/mol. The fourth-order valence-electron chi connectivity index (χ4n) is 2.44. The first-order valence-corrected chi connectivity index (χ1v) is 8.35. The number of carbonyl (C=O) groups is 2. The van der Waals surface area contributed by atoms with E-state index in [2.05, 4.69) is 20.6 Å². The van der Waals surface area contributed by atoms with E-state index >= 15 is 0 Å². The number of para-hydroxylation sites is 1. The van der Waals surface area contributed by atoms with Crippen molar-refractivity contribution in [2.75, 3.05) is 5.32 Å². The minimum atomic E-state index is -0.882. The normalized spacial score (nSPS) is 10.1. The van der Waals surface area contributed by atoms with Gasteiger partial charge in [-0.2, -0.15) is 0 Å². The fraction of sp³-hybridized carbons (Fsp3) is 0.0526. The van der Waals surface area contributed by atoms with Crippen LogP contribution in [0.5, 0.6) is 11.8 Å². The number of imide groups is 1. The number of amides is 3. The van der Waals surface area contributed by atoms with Crippen molar-refractivity contribution in [3.05, 3.63) is 82.2 Å². The topological polar surface area (TPSA) is 136 Å². The molecule has 0 aliphatic rings. The second-order valence-electron chi connectivity index (χ2n) is 5.80. The lowest BCUT2D eigenvalue weighted by atomic mass is 10.1. The zero-order chi connectivity index (χ0) is 20.8. The van der Waals surface area contributed by atoms with Gasteiger partial charge >= 0.3 is 12.0 Å². The Hall–Kier alpha value is -4.34. The molecule has 2 aromatic carbocycles. The SMILES string of the molecule is Cc1cc(NC(=O)NC(=O)c2ccccc2[N+](=O)[O-])ccc1Oc1ncccn1. The number of nitro benzene ring substituents is 1. The van der Waals surface area contributed by atoms with Gasteiger partial charge in [0.2, 0.25) is 0 Å². The third-order valence-corrected chi connectivity index (χ3v) is 3.75. The molecule has 0 unspecified atom stereocenters. The second-order valence-corrected chi connectivity index (χ2v) is 5.80. The molecule has 10 heteroatoms. The van der Waals surface area contributed by atoms with Crippen LogP contribution < -0.4 is 15.4 Å². The first kappa shape index (κ1) is 19.4. The molecule has 1 heterocycles. The number of nitrogens with zero attached hydrogens (tertiary/aromatic N) is 3. The Morgan fingerprint density at radius 2 is 1.79 bits per heavy atom. The van der Waals surface area contributed by atoms with Crippen molar-refractivity contribution in [3.63, 3.8) is 0 Å². The van der Waals surface area contributed by atoms with E-state index < -0.39 is 22.5 Å². The van der Waals surface area contributed by atoms with Gasteiger partial charge in [-0.1, -0.05) is 12.1 Å². The van der Waals surface area contributed by atoms with Crippen LogP contribution in [0.1, 0.15) is 15.9 Å². The van der Waals surface area contributed by atoms with E-state index in [1.54, 1.807) is 43.6 Å². The van der Waals surface area contributed by atoms with E-state index in [9.17, 15) is 19.7 Å². The Kier molecular flexibility index (Phi) is 5.74. The number of carbonyl (C=O) groups excluding carboxylic acids is 2. The summed E-state index contributed by atoms with van der Waals surface area (Å²) < 4.78 is 5.56. The van der Waals surface area contributed by atoms with Crippen molar-refractivity contribution in [2.24, 2.45) is 0 Å². The highest BCUT2D eigenvalue weighted by Crippen LogP contribution is 2.25. The van der Waals surface area contributed by atoms with Crippen LogP contribution >= 0.6 is 0 Å². The summed E-state index contributed by atoms with van der Waals surface area (Å²) in [4.78, 5) is 42.5. The van der Waals surface area contributed by atoms with Crippen molar-refractivity contribution in [2.45, 2.75) is 6.92 Å². The van der Waals surface area contributed by atoms with Crippen LogP contribution in [0, 0.1) is 17.0 Å². The van der Waals surface area contributed by atoms with Crippen LogP contribution in [-0.4, -0.2) is 26.8 Å². The number of nitrogens with one attached hydrogen (secondary N) is 2. The van der Waals surface area contributed by atoms with E-state index in [0.29, 0.717) is 17.0 Å². The zero-order valence-electron chi connectivity index (χ0n) is 15.2. The van der Waals surface area contributed by atoms with Crippen molar-refractivity contribution in [1.82, 2.24) is 15.3 Å². The molecule has 0 saturated heterocycles. The van der Waals surface area contributed by atoms with Crippen LogP contribution in [-0.2, 0) is 0 Å². The predicted molar refractivity (Wildman–Crippen MR) is 103 cm³/mol. The maximum absolute atomic E-state index is 12.2. The maximum Gasteiger partial charge on any atom is 0.326 e. The Morgan fingerprint density at radius 1 is 1.07 bits per heavy atom. The summed E-state index contributed by atoms with van der Waals surface area (Å²) in [5.74, 6) is -0.383. The number of benzene rings is 2. The van der Waals surface area contributed by atoms with E-state index in [-0.39, 0.29) is 11.6 Å². The van der Waals surface area contributed by atoms with Crippen LogP contribution in [0.25, 0.3) is 0 Å². The van der Waals surface area contributed by atoms with Gasteiger partial charge in [0.25, 0.3) is 11.6 Å². The van der Waals surface area contributed by atoms with Gasteiger partial charge in [0.1, 0.15) is 11.3 Å². The first-order valence-electron chi connectivity index (χ1n) is 8.35. The number of ether oxygens (including phenoxy) is 1. The number of hydrogen-bond donors (Lipinski definition) is 2. The quantitative estimate of drug-likeness (QED) is 0.500. The van der Waals surface area contributed by atoms with Gasteiger partial charge in [-0.25, -0.2) is 14.8 Å². The van der Waals surface area contributed by atoms with E-state index in [1.807, 2.05) is 0 Å². The molecule has 0 atom stereocenters. The molecule has 146 valence electrons. The van der Waals surface area contributed by atoms with Crippen LogP contribution in [0.3, 0.4) is 0 Å². The number of anilines is 1. The molecule has 0 bridgehead atoms. The molecule has 3 amide bonds. The molecule has 0 saturated carbocycles. The molecule has 10 nitrogen and oxygen atoms in total. The van der Waals surface area contributed by atoms with Gasteiger partial charge in [-0.05, 0) is 42.8 Å². The number of aromatic nitrogens is 2. The summed E-state index contributed by atoms with van der Waals surface area (Å²) in [6, 6.07) is 11.2. The lowest BCUT2D eigenvalue weighted by Crippen LogP contribution is -2.34. The number of urea groups is 1. The monoisotopic (exact) mass is 393 g/mol. The summed E-state index contributed by atoms with van der Waals surface area (Å²) in [5, 5.41) is 15.6. The van der Waals surface area contributed by atoms with Crippen molar-refractivity contribution in [1.29, 1.82) is 0 Å². The number of hydrogen-bond acceptors (Lipinski definition) is 7. The summed E-state index contributed by atoms with van der Waals surface area (Å²) in [6.07, 6.45) is 3.10. The van der Waals surface area contributed by atoms with Crippen molar-refractivity contribution in [3.8, 4) is 11.8 Å². The fourth-order valence-corrected chi connectivity index (χ4v) is 2.44. The van der Waals surface area contributed by atoms with E-state index in [0.717, 1.165) is 0 Å². The molecule has 0 fully saturated rings. The number of nitro groups is 1. The molecule has 0 aliphatic heterocycles. The van der Waals surface area contributed by atoms with Gasteiger partial charge < -0.3 is 10.1 Å². The molecular formula is C19H15N5O5. The molecule has 29 heavy (non-hydrogen) atoms. The highest BCUT2D eigenvalue weighted by molar-refractivity contribution is 6.09. The van der Waals surface area contributed by atoms with Gasteiger partial charge in [0.05, 0.1) is 4.92 Å². The van der Waals surface area contributed by atoms with Gasteiger partial charge in [0, 0.05) is 24.1 Å². The largest absolute Gasteiger partial charge is 0.424 e. The predicted octanol–water partition coefficient (Wildman–Crippen LogP) is 3.45. The third kappa shape index (κ3) is 4.89. The molecule has 0 spiro atoms. The Bertz CT molecular complexity index is 1070. The third-order valence-electron chi connectivity index (χ3n) is 3.75. The van der Waals surface area contributed by atoms with Gasteiger partial charge in [0.15, 0.2) is 0 Å². The van der Waals surface area contributed by atoms with Crippen LogP contribution in [0.15, 0.2) is 60.9 Å². The van der Waals surface area contributed by atoms with Crippen molar-refractivity contribution >= 4 is 23.3 Å². The summed E-state index contributed by atoms with van der Waals surface area (Å²) in [5.41, 5.74) is 0.491. The smallest absolute Gasteiger partial charge is 0.326 e. The Labute approximate surface area is 164 Å². The molecule has 3 aromatic rings. The number of rotatable bonds is 5. The van der Waals surface area contributed by atoms with Crippen LogP contribution in [0.4, 0.5) is 16.2 Å². The van der Waals surface area contributed by atoms with Gasteiger partial charge in [-0.15, -0.1) is 0 Å². The minimum Gasteiger partial charge on any atom is -0.424 e. The van der Waals surface area contributed by atoms with Gasteiger partial charge in [-0.3, -0.25) is 20.2 Å².